The van der Waals surface area contributed by atoms with Gasteiger partial charge in [-0.3, -0.25) is 4.79 Å². The SMILES string of the molecule is O=C(COc1ccc(Br)cc1)NC[C@@H](c1ccccc1)[NH+]1CCCC1. The molecular formula is C20H24BrN2O2+. The number of nitrogens with one attached hydrogen (secondary N) is 2. The molecule has 1 heterocycles. The number of benzene rings is 2. The van der Waals surface area contributed by atoms with Crippen molar-refractivity contribution in [1.29, 1.82) is 0 Å². The van der Waals surface area contributed by atoms with Crippen molar-refractivity contribution in [2.75, 3.05) is 26.2 Å². The monoisotopic (exact) mass is 403 g/mol. The molecule has 1 atom stereocenters. The number of carbonyl (C=O) groups excluding carboxylic acids is 1. The lowest BCUT2D eigenvalue weighted by Gasteiger charge is -2.25. The summed E-state index contributed by atoms with van der Waals surface area (Å²) in [7, 11) is 0. The maximum absolute atomic E-state index is 12.2. The highest BCUT2D eigenvalue weighted by atomic mass is 79.9. The molecule has 2 N–H and O–H groups in total. The molecule has 1 amide bonds. The van der Waals surface area contributed by atoms with Gasteiger partial charge in [0.05, 0.1) is 19.6 Å². The molecule has 1 aliphatic rings. The fraction of sp³-hybridized carbons (Fsp3) is 0.350. The molecule has 0 aliphatic carbocycles. The summed E-state index contributed by atoms with van der Waals surface area (Å²) < 4.78 is 6.54. The van der Waals surface area contributed by atoms with E-state index in [1.54, 1.807) is 4.90 Å². The Morgan fingerprint density at radius 2 is 1.76 bits per heavy atom. The smallest absolute Gasteiger partial charge is 0.258 e. The third kappa shape index (κ3) is 5.31. The lowest BCUT2D eigenvalue weighted by molar-refractivity contribution is -0.918. The number of quaternary nitrogens is 1. The molecule has 2 aromatic carbocycles. The molecule has 25 heavy (non-hydrogen) atoms. The first kappa shape index (κ1) is 18.0. The minimum atomic E-state index is -0.0811. The van der Waals surface area contributed by atoms with Crippen molar-refractivity contribution in [3.8, 4) is 5.75 Å². The van der Waals surface area contributed by atoms with Gasteiger partial charge in [0.15, 0.2) is 6.61 Å². The zero-order valence-corrected chi connectivity index (χ0v) is 15.8. The molecule has 0 aromatic heterocycles. The summed E-state index contributed by atoms with van der Waals surface area (Å²) >= 11 is 3.38. The van der Waals surface area contributed by atoms with Gasteiger partial charge in [0.25, 0.3) is 5.91 Å². The number of carbonyl (C=O) groups is 1. The molecule has 1 saturated heterocycles. The Labute approximate surface area is 157 Å². The van der Waals surface area contributed by atoms with E-state index < -0.39 is 0 Å². The van der Waals surface area contributed by atoms with Crippen LogP contribution >= 0.6 is 15.9 Å². The summed E-state index contributed by atoms with van der Waals surface area (Å²) in [4.78, 5) is 13.7. The second kappa shape index (κ2) is 9.02. The van der Waals surface area contributed by atoms with Crippen molar-refractivity contribution in [3.05, 3.63) is 64.6 Å². The second-order valence-corrected chi connectivity index (χ2v) is 7.29. The number of ether oxygens (including phenoxy) is 1. The van der Waals surface area contributed by atoms with Crippen molar-refractivity contribution in [2.45, 2.75) is 18.9 Å². The summed E-state index contributed by atoms with van der Waals surface area (Å²) in [5.74, 6) is 0.616. The number of rotatable bonds is 7. The van der Waals surface area contributed by atoms with Crippen LogP contribution in [-0.2, 0) is 4.79 Å². The van der Waals surface area contributed by atoms with Crippen LogP contribution in [0.1, 0.15) is 24.4 Å². The van der Waals surface area contributed by atoms with E-state index >= 15 is 0 Å². The molecule has 0 saturated carbocycles. The summed E-state index contributed by atoms with van der Waals surface area (Å²) in [5, 5.41) is 3.05. The standard InChI is InChI=1S/C20H23BrN2O2/c21-17-8-10-18(11-9-17)25-15-20(24)22-14-19(23-12-4-5-13-23)16-6-2-1-3-7-16/h1-3,6-11,19H,4-5,12-15H2,(H,22,24)/p+1/t19-/m0/s1. The van der Waals surface area contributed by atoms with Crippen molar-refractivity contribution in [2.24, 2.45) is 0 Å². The zero-order valence-electron chi connectivity index (χ0n) is 14.2. The van der Waals surface area contributed by atoms with Gasteiger partial charge in [-0.2, -0.15) is 0 Å². The third-order valence-corrected chi connectivity index (χ3v) is 5.16. The van der Waals surface area contributed by atoms with Crippen LogP contribution in [0.25, 0.3) is 0 Å². The van der Waals surface area contributed by atoms with E-state index in [0.29, 0.717) is 18.3 Å². The van der Waals surface area contributed by atoms with Crippen LogP contribution in [0.15, 0.2) is 59.1 Å². The zero-order chi connectivity index (χ0) is 17.5. The van der Waals surface area contributed by atoms with E-state index in [1.165, 1.54) is 31.5 Å². The highest BCUT2D eigenvalue weighted by molar-refractivity contribution is 9.10. The average molecular weight is 404 g/mol. The summed E-state index contributed by atoms with van der Waals surface area (Å²) in [6.45, 7) is 3.02. The van der Waals surface area contributed by atoms with Crippen LogP contribution in [0.2, 0.25) is 0 Å². The van der Waals surface area contributed by atoms with E-state index in [1.807, 2.05) is 30.3 Å². The molecule has 3 rings (SSSR count). The normalized spacial score (nSPS) is 15.7. The predicted octanol–water partition coefficient (Wildman–Crippen LogP) is 2.36. The fourth-order valence-electron chi connectivity index (χ4n) is 3.31. The topological polar surface area (TPSA) is 42.8 Å². The van der Waals surface area contributed by atoms with Gasteiger partial charge < -0.3 is 15.0 Å². The number of amides is 1. The fourth-order valence-corrected chi connectivity index (χ4v) is 3.57. The quantitative estimate of drug-likeness (QED) is 0.744. The average Bonchev–Trinajstić information content (AvgIpc) is 3.17. The second-order valence-electron chi connectivity index (χ2n) is 6.38. The van der Waals surface area contributed by atoms with Gasteiger partial charge in [-0.15, -0.1) is 0 Å². The van der Waals surface area contributed by atoms with Crippen LogP contribution in [0.5, 0.6) is 5.75 Å². The van der Waals surface area contributed by atoms with Gasteiger partial charge >= 0.3 is 0 Å². The van der Waals surface area contributed by atoms with Gasteiger partial charge in [-0.25, -0.2) is 0 Å². The minimum absolute atomic E-state index is 0.0402. The first-order valence-corrected chi connectivity index (χ1v) is 9.56. The van der Waals surface area contributed by atoms with Crippen molar-refractivity contribution >= 4 is 21.8 Å². The molecule has 0 spiro atoms. The lowest BCUT2D eigenvalue weighted by atomic mass is 10.1. The molecule has 2 aromatic rings. The van der Waals surface area contributed by atoms with Crippen molar-refractivity contribution in [3.63, 3.8) is 0 Å². The highest BCUT2D eigenvalue weighted by Crippen LogP contribution is 2.16. The summed E-state index contributed by atoms with van der Waals surface area (Å²) in [6, 6.07) is 18.3. The van der Waals surface area contributed by atoms with Gasteiger partial charge in [-0.1, -0.05) is 46.3 Å². The maximum Gasteiger partial charge on any atom is 0.258 e. The number of hydrogen-bond donors (Lipinski definition) is 2. The molecule has 0 radical (unpaired) electrons. The Kier molecular flexibility index (Phi) is 6.48. The molecular weight excluding hydrogens is 380 g/mol. The maximum atomic E-state index is 12.2. The lowest BCUT2D eigenvalue weighted by Crippen LogP contribution is -3.11. The van der Waals surface area contributed by atoms with E-state index in [9.17, 15) is 4.79 Å². The van der Waals surface area contributed by atoms with Crippen molar-refractivity contribution in [1.82, 2.24) is 5.32 Å². The van der Waals surface area contributed by atoms with Gasteiger partial charge in [0.1, 0.15) is 11.8 Å². The van der Waals surface area contributed by atoms with Crippen LogP contribution in [-0.4, -0.2) is 32.1 Å². The van der Waals surface area contributed by atoms with Crippen LogP contribution in [0, 0.1) is 0 Å². The Balaban J connectivity index is 1.53. The number of hydrogen-bond acceptors (Lipinski definition) is 2. The van der Waals surface area contributed by atoms with Crippen LogP contribution < -0.4 is 15.0 Å². The van der Waals surface area contributed by atoms with Crippen LogP contribution in [0.3, 0.4) is 0 Å². The Hall–Kier alpha value is -1.85. The van der Waals surface area contributed by atoms with Gasteiger partial charge in [0.2, 0.25) is 0 Å². The molecule has 1 aliphatic heterocycles. The third-order valence-electron chi connectivity index (χ3n) is 4.63. The van der Waals surface area contributed by atoms with Crippen LogP contribution in [0.4, 0.5) is 0 Å². The number of likely N-dealkylation sites (tertiary alicyclic amines) is 1. The van der Waals surface area contributed by atoms with E-state index in [2.05, 4.69) is 45.5 Å². The van der Waals surface area contributed by atoms with Gasteiger partial charge in [-0.05, 0) is 24.3 Å². The Morgan fingerprint density at radius 1 is 1.08 bits per heavy atom. The first-order chi connectivity index (χ1) is 12.2. The van der Waals surface area contributed by atoms with E-state index in [0.717, 1.165) is 4.47 Å². The summed E-state index contributed by atoms with van der Waals surface area (Å²) in [6.07, 6.45) is 2.53. The molecule has 5 heteroatoms. The molecule has 0 unspecified atom stereocenters. The van der Waals surface area contributed by atoms with Gasteiger partial charge in [0, 0.05) is 22.9 Å². The minimum Gasteiger partial charge on any atom is -0.484 e. The molecule has 0 bridgehead atoms. The Morgan fingerprint density at radius 3 is 2.44 bits per heavy atom. The first-order valence-electron chi connectivity index (χ1n) is 8.77. The predicted molar refractivity (Wildman–Crippen MR) is 102 cm³/mol. The molecule has 4 nitrogen and oxygen atoms in total. The number of halogens is 1. The van der Waals surface area contributed by atoms with E-state index in [-0.39, 0.29) is 12.5 Å². The molecule has 1 fully saturated rings. The van der Waals surface area contributed by atoms with E-state index in [4.69, 9.17) is 4.74 Å². The largest absolute Gasteiger partial charge is 0.484 e. The summed E-state index contributed by atoms with van der Waals surface area (Å²) in [5.41, 5.74) is 1.29. The molecule has 132 valence electrons. The highest BCUT2D eigenvalue weighted by Gasteiger charge is 2.27. The van der Waals surface area contributed by atoms with Crippen molar-refractivity contribution < 1.29 is 14.4 Å². The Bertz CT molecular complexity index is 670.